The van der Waals surface area contributed by atoms with E-state index in [9.17, 15) is 14.4 Å². The van der Waals surface area contributed by atoms with E-state index >= 15 is 0 Å². The van der Waals surface area contributed by atoms with Crippen LogP contribution in [0.4, 0.5) is 5.69 Å². The second kappa shape index (κ2) is 10.4. The zero-order valence-corrected chi connectivity index (χ0v) is 20.3. The van der Waals surface area contributed by atoms with Crippen molar-refractivity contribution < 1.29 is 19.1 Å². The van der Waals surface area contributed by atoms with E-state index in [0.29, 0.717) is 42.2 Å². The fourth-order valence-electron chi connectivity index (χ4n) is 3.71. The van der Waals surface area contributed by atoms with Crippen molar-refractivity contribution in [2.75, 3.05) is 18.4 Å². The van der Waals surface area contributed by atoms with Gasteiger partial charge in [0.2, 0.25) is 0 Å². The SMILES string of the molecule is CC(OC(=O)C1CCN(C(=O)c2ccc(Cl)cc2)CC1)C(=O)Nc1ccc(C(C)(C)C)cc1. The first-order valence-electron chi connectivity index (χ1n) is 11.2. The molecule has 0 saturated carbocycles. The van der Waals surface area contributed by atoms with Crippen LogP contribution in [0.2, 0.25) is 5.02 Å². The van der Waals surface area contributed by atoms with E-state index in [-0.39, 0.29) is 23.1 Å². The van der Waals surface area contributed by atoms with Gasteiger partial charge < -0.3 is 15.0 Å². The van der Waals surface area contributed by atoms with Crippen LogP contribution in [0.1, 0.15) is 56.5 Å². The summed E-state index contributed by atoms with van der Waals surface area (Å²) in [6, 6.07) is 14.4. The molecule has 0 bridgehead atoms. The molecule has 2 amide bonds. The monoisotopic (exact) mass is 470 g/mol. The van der Waals surface area contributed by atoms with Crippen LogP contribution in [-0.4, -0.2) is 41.9 Å². The molecule has 1 N–H and O–H groups in total. The van der Waals surface area contributed by atoms with E-state index in [1.807, 2.05) is 24.3 Å². The van der Waals surface area contributed by atoms with Crippen molar-refractivity contribution in [2.45, 2.75) is 52.1 Å². The highest BCUT2D eigenvalue weighted by atomic mass is 35.5. The number of nitrogens with zero attached hydrogens (tertiary/aromatic N) is 1. The predicted octanol–water partition coefficient (Wildman–Crippen LogP) is 5.06. The Kier molecular flexibility index (Phi) is 7.80. The normalized spacial score (nSPS) is 15.6. The number of piperidine rings is 1. The summed E-state index contributed by atoms with van der Waals surface area (Å²) in [6.45, 7) is 8.86. The summed E-state index contributed by atoms with van der Waals surface area (Å²) in [4.78, 5) is 39.4. The van der Waals surface area contributed by atoms with Crippen molar-refractivity contribution in [1.29, 1.82) is 0 Å². The summed E-state index contributed by atoms with van der Waals surface area (Å²) in [5, 5.41) is 3.37. The van der Waals surface area contributed by atoms with E-state index in [2.05, 4.69) is 26.1 Å². The van der Waals surface area contributed by atoms with Crippen LogP contribution in [-0.2, 0) is 19.7 Å². The van der Waals surface area contributed by atoms with E-state index in [4.69, 9.17) is 16.3 Å². The van der Waals surface area contributed by atoms with Gasteiger partial charge in [-0.15, -0.1) is 0 Å². The first-order chi connectivity index (χ1) is 15.5. The van der Waals surface area contributed by atoms with Crippen LogP contribution in [0, 0.1) is 5.92 Å². The molecule has 1 saturated heterocycles. The van der Waals surface area contributed by atoms with E-state index in [1.165, 1.54) is 5.56 Å². The lowest BCUT2D eigenvalue weighted by atomic mass is 9.87. The molecule has 1 fully saturated rings. The number of carbonyl (C=O) groups excluding carboxylic acids is 3. The molecular weight excluding hydrogens is 440 g/mol. The number of ether oxygens (including phenoxy) is 1. The second-order valence-electron chi connectivity index (χ2n) is 9.47. The number of rotatable bonds is 5. The van der Waals surface area contributed by atoms with Crippen LogP contribution in [0.5, 0.6) is 0 Å². The van der Waals surface area contributed by atoms with Gasteiger partial charge in [-0.05, 0) is 67.1 Å². The third-order valence-electron chi connectivity index (χ3n) is 5.89. The molecule has 1 heterocycles. The zero-order chi connectivity index (χ0) is 24.2. The summed E-state index contributed by atoms with van der Waals surface area (Å²) in [6.07, 6.45) is 0.0927. The highest BCUT2D eigenvalue weighted by molar-refractivity contribution is 6.30. The largest absolute Gasteiger partial charge is 0.452 e. The number of hydrogen-bond acceptors (Lipinski definition) is 4. The third kappa shape index (κ3) is 6.57. The predicted molar refractivity (Wildman–Crippen MR) is 129 cm³/mol. The number of benzene rings is 2. The highest BCUT2D eigenvalue weighted by Crippen LogP contribution is 2.24. The Morgan fingerprint density at radius 1 is 1.00 bits per heavy atom. The minimum atomic E-state index is -0.909. The zero-order valence-electron chi connectivity index (χ0n) is 19.6. The Balaban J connectivity index is 1.47. The van der Waals surface area contributed by atoms with Crippen molar-refractivity contribution >= 4 is 35.1 Å². The number of halogens is 1. The maximum Gasteiger partial charge on any atom is 0.309 e. The number of anilines is 1. The van der Waals surface area contributed by atoms with Gasteiger partial charge in [-0.2, -0.15) is 0 Å². The fourth-order valence-corrected chi connectivity index (χ4v) is 3.84. The molecule has 1 aliphatic rings. The first-order valence-corrected chi connectivity index (χ1v) is 11.6. The molecule has 7 heteroatoms. The molecule has 0 aromatic heterocycles. The van der Waals surface area contributed by atoms with E-state index in [1.54, 1.807) is 36.1 Å². The summed E-state index contributed by atoms with van der Waals surface area (Å²) in [7, 11) is 0. The summed E-state index contributed by atoms with van der Waals surface area (Å²) >= 11 is 5.88. The summed E-state index contributed by atoms with van der Waals surface area (Å²) in [5.41, 5.74) is 2.42. The van der Waals surface area contributed by atoms with Crippen molar-refractivity contribution in [3.63, 3.8) is 0 Å². The van der Waals surface area contributed by atoms with E-state index in [0.717, 1.165) is 0 Å². The number of esters is 1. The van der Waals surface area contributed by atoms with Crippen molar-refractivity contribution in [3.8, 4) is 0 Å². The number of amides is 2. The number of hydrogen-bond donors (Lipinski definition) is 1. The molecule has 6 nitrogen and oxygen atoms in total. The van der Waals surface area contributed by atoms with Gasteiger partial charge in [0.15, 0.2) is 6.10 Å². The molecule has 33 heavy (non-hydrogen) atoms. The molecule has 2 aromatic carbocycles. The summed E-state index contributed by atoms with van der Waals surface area (Å²) < 4.78 is 5.43. The number of likely N-dealkylation sites (tertiary alicyclic amines) is 1. The van der Waals surface area contributed by atoms with E-state index < -0.39 is 12.1 Å². The Hall–Kier alpha value is -2.86. The van der Waals surface area contributed by atoms with Crippen LogP contribution >= 0.6 is 11.6 Å². The minimum Gasteiger partial charge on any atom is -0.452 e. The lowest BCUT2D eigenvalue weighted by Gasteiger charge is -2.31. The molecule has 0 spiro atoms. The van der Waals surface area contributed by atoms with Gasteiger partial charge in [0.25, 0.3) is 11.8 Å². The molecule has 1 atom stereocenters. The van der Waals surface area contributed by atoms with Crippen molar-refractivity contribution in [2.24, 2.45) is 5.92 Å². The van der Waals surface area contributed by atoms with Gasteiger partial charge in [-0.3, -0.25) is 14.4 Å². The first kappa shape index (κ1) is 24.8. The molecule has 1 aliphatic heterocycles. The number of nitrogens with one attached hydrogen (secondary N) is 1. The average molecular weight is 471 g/mol. The highest BCUT2D eigenvalue weighted by Gasteiger charge is 2.30. The van der Waals surface area contributed by atoms with Crippen LogP contribution < -0.4 is 5.32 Å². The van der Waals surface area contributed by atoms with Crippen LogP contribution in [0.15, 0.2) is 48.5 Å². The lowest BCUT2D eigenvalue weighted by molar-refractivity contribution is -0.158. The Morgan fingerprint density at radius 2 is 1.58 bits per heavy atom. The molecular formula is C26H31ClN2O4. The van der Waals surface area contributed by atoms with Crippen LogP contribution in [0.25, 0.3) is 0 Å². The lowest BCUT2D eigenvalue weighted by Crippen LogP contribution is -2.41. The van der Waals surface area contributed by atoms with Gasteiger partial charge in [-0.25, -0.2) is 0 Å². The Bertz CT molecular complexity index is 988. The maximum atomic E-state index is 12.6. The molecule has 2 aromatic rings. The molecule has 0 aliphatic carbocycles. The Morgan fingerprint density at radius 3 is 2.12 bits per heavy atom. The second-order valence-corrected chi connectivity index (χ2v) is 9.91. The Labute approximate surface area is 200 Å². The van der Waals surface area contributed by atoms with Gasteiger partial charge >= 0.3 is 5.97 Å². The fraction of sp³-hybridized carbons (Fsp3) is 0.423. The quantitative estimate of drug-likeness (QED) is 0.619. The standard InChI is InChI=1S/C26H31ClN2O4/c1-17(23(30)28-22-11-7-20(8-12-22)26(2,3)4)33-25(32)19-13-15-29(16-14-19)24(31)18-5-9-21(27)10-6-18/h5-12,17,19H,13-16H2,1-4H3,(H,28,30). The van der Waals surface area contributed by atoms with Crippen molar-refractivity contribution in [1.82, 2.24) is 4.90 Å². The van der Waals surface area contributed by atoms with Gasteiger partial charge in [0.1, 0.15) is 0 Å². The molecule has 3 rings (SSSR count). The van der Waals surface area contributed by atoms with Gasteiger partial charge in [-0.1, -0.05) is 44.5 Å². The maximum absolute atomic E-state index is 12.6. The molecule has 176 valence electrons. The average Bonchev–Trinajstić information content (AvgIpc) is 2.79. The van der Waals surface area contributed by atoms with Crippen molar-refractivity contribution in [3.05, 3.63) is 64.7 Å². The minimum absolute atomic E-state index is 0.0281. The third-order valence-corrected chi connectivity index (χ3v) is 6.14. The number of carbonyl (C=O) groups is 3. The molecule has 1 unspecified atom stereocenters. The summed E-state index contributed by atoms with van der Waals surface area (Å²) in [5.74, 6) is -1.19. The van der Waals surface area contributed by atoms with Gasteiger partial charge in [0.05, 0.1) is 5.92 Å². The topological polar surface area (TPSA) is 75.7 Å². The van der Waals surface area contributed by atoms with Gasteiger partial charge in [0, 0.05) is 29.4 Å². The smallest absolute Gasteiger partial charge is 0.309 e. The van der Waals surface area contributed by atoms with Crippen LogP contribution in [0.3, 0.4) is 0 Å². The molecule has 0 radical (unpaired) electrons.